The van der Waals surface area contributed by atoms with E-state index >= 15 is 0 Å². The van der Waals surface area contributed by atoms with Crippen LogP contribution in [0.25, 0.3) is 17.1 Å². The molecular formula is C37H40F3N5O2S. The number of halogens is 3. The van der Waals surface area contributed by atoms with Crippen LogP contribution in [0.5, 0.6) is 5.75 Å². The zero-order valence-electron chi connectivity index (χ0n) is 27.6. The van der Waals surface area contributed by atoms with Crippen molar-refractivity contribution in [3.05, 3.63) is 89.7 Å². The molecule has 0 N–H and O–H groups in total. The van der Waals surface area contributed by atoms with Crippen molar-refractivity contribution in [2.45, 2.75) is 84.0 Å². The molecule has 1 aromatic heterocycles. The summed E-state index contributed by atoms with van der Waals surface area (Å²) in [5, 5.41) is 5.33. The molecule has 1 saturated heterocycles. The first-order valence-corrected chi connectivity index (χ1v) is 17.4. The minimum absolute atomic E-state index is 0.0412. The molecule has 7 nitrogen and oxygen atoms in total. The molecular weight excluding hydrogens is 636 g/mol. The van der Waals surface area contributed by atoms with Gasteiger partial charge in [-0.1, -0.05) is 62.0 Å². The number of rotatable bonds is 8. The number of carbonyl (C=O) groups excluding carboxylic acids is 1. The monoisotopic (exact) mass is 675 g/mol. The molecule has 11 heteroatoms. The second kappa shape index (κ2) is 14.2. The van der Waals surface area contributed by atoms with Gasteiger partial charge in [0.05, 0.1) is 5.69 Å². The number of benzene rings is 3. The standard InChI is InChI=1S/C37H40F3N5O2S/c1-23(2)32-16-5-24(3)19-33(32)45-25(4)17-18-48-36(45)42-34(46)21-26-6-7-29(20-26)27-8-10-28(11-9-27)35-41-22-44(43-35)30-12-14-31(15-13-30)47-37(38,39)40/h5,8-16,19,22-23,25-26,29H,6-7,17-18,20-21H2,1-4H3. The van der Waals surface area contributed by atoms with E-state index in [0.717, 1.165) is 47.9 Å². The van der Waals surface area contributed by atoms with Crippen molar-refractivity contribution in [2.75, 3.05) is 10.7 Å². The Morgan fingerprint density at radius 2 is 1.79 bits per heavy atom. The Bertz CT molecular complexity index is 1770. The van der Waals surface area contributed by atoms with E-state index in [-0.39, 0.29) is 17.7 Å². The molecule has 0 radical (unpaired) electrons. The molecule has 2 aliphatic rings. The van der Waals surface area contributed by atoms with Gasteiger partial charge in [-0.15, -0.1) is 18.3 Å². The quantitative estimate of drug-likeness (QED) is 0.185. The first-order valence-electron chi connectivity index (χ1n) is 16.5. The highest BCUT2D eigenvalue weighted by Gasteiger charge is 2.32. The lowest BCUT2D eigenvalue weighted by Gasteiger charge is -2.37. The van der Waals surface area contributed by atoms with E-state index < -0.39 is 6.36 Å². The fourth-order valence-electron chi connectivity index (χ4n) is 6.67. The summed E-state index contributed by atoms with van der Waals surface area (Å²) in [5.74, 6) is 2.16. The number of aryl methyl sites for hydroxylation is 1. The lowest BCUT2D eigenvalue weighted by atomic mass is 9.94. The number of ether oxygens (including phenoxy) is 1. The molecule has 6 rings (SSSR count). The number of hydrogen-bond acceptors (Lipinski definition) is 5. The van der Waals surface area contributed by atoms with E-state index in [4.69, 9.17) is 4.99 Å². The van der Waals surface area contributed by atoms with Gasteiger partial charge >= 0.3 is 6.36 Å². The minimum atomic E-state index is -4.74. The topological polar surface area (TPSA) is 72.6 Å². The average Bonchev–Trinajstić information content (AvgIpc) is 3.71. The number of nitrogens with zero attached hydrogens (tertiary/aromatic N) is 5. The van der Waals surface area contributed by atoms with Crippen LogP contribution in [-0.4, -0.2) is 44.0 Å². The Morgan fingerprint density at radius 3 is 2.50 bits per heavy atom. The number of anilines is 1. The fourth-order valence-corrected chi connectivity index (χ4v) is 7.90. The average molecular weight is 676 g/mol. The van der Waals surface area contributed by atoms with Gasteiger partial charge in [0.25, 0.3) is 0 Å². The lowest BCUT2D eigenvalue weighted by molar-refractivity contribution is -0.274. The third-order valence-corrected chi connectivity index (χ3v) is 10.2. The molecule has 252 valence electrons. The van der Waals surface area contributed by atoms with Crippen molar-refractivity contribution in [3.63, 3.8) is 0 Å². The van der Waals surface area contributed by atoms with Crippen molar-refractivity contribution in [3.8, 4) is 22.8 Å². The van der Waals surface area contributed by atoms with Gasteiger partial charge < -0.3 is 9.64 Å². The van der Waals surface area contributed by atoms with Crippen LogP contribution < -0.4 is 9.64 Å². The van der Waals surface area contributed by atoms with Gasteiger partial charge in [-0.3, -0.25) is 4.79 Å². The predicted octanol–water partition coefficient (Wildman–Crippen LogP) is 9.45. The number of hydrogen-bond donors (Lipinski definition) is 0. The van der Waals surface area contributed by atoms with Crippen LogP contribution in [0.15, 0.2) is 78.0 Å². The summed E-state index contributed by atoms with van der Waals surface area (Å²) in [4.78, 5) is 24.8. The van der Waals surface area contributed by atoms with E-state index in [9.17, 15) is 18.0 Å². The Hall–Kier alpha value is -4.12. The van der Waals surface area contributed by atoms with Crippen LogP contribution in [0.3, 0.4) is 0 Å². The Morgan fingerprint density at radius 1 is 1.04 bits per heavy atom. The van der Waals surface area contributed by atoms with Crippen LogP contribution in [0.2, 0.25) is 0 Å². The smallest absolute Gasteiger partial charge is 0.406 e. The molecule has 1 amide bonds. The second-order valence-corrected chi connectivity index (χ2v) is 14.2. The van der Waals surface area contributed by atoms with E-state index in [0.29, 0.717) is 35.7 Å². The molecule has 3 unspecified atom stereocenters. The highest BCUT2D eigenvalue weighted by atomic mass is 32.2. The predicted molar refractivity (Wildman–Crippen MR) is 185 cm³/mol. The van der Waals surface area contributed by atoms with E-state index in [1.165, 1.54) is 52.0 Å². The molecule has 2 heterocycles. The maximum atomic E-state index is 13.4. The molecule has 1 aliphatic carbocycles. The molecule has 0 spiro atoms. The summed E-state index contributed by atoms with van der Waals surface area (Å²) in [5.41, 5.74) is 6.27. The van der Waals surface area contributed by atoms with Crippen LogP contribution in [-0.2, 0) is 4.79 Å². The van der Waals surface area contributed by atoms with Crippen LogP contribution in [0.1, 0.15) is 81.4 Å². The first kappa shape index (κ1) is 33.8. The first-order chi connectivity index (χ1) is 22.9. The van der Waals surface area contributed by atoms with Crippen LogP contribution in [0, 0.1) is 12.8 Å². The number of amidine groups is 1. The van der Waals surface area contributed by atoms with Crippen LogP contribution >= 0.6 is 11.8 Å². The van der Waals surface area contributed by atoms with Crippen molar-refractivity contribution in [2.24, 2.45) is 10.9 Å². The van der Waals surface area contributed by atoms with E-state index in [1.54, 1.807) is 11.8 Å². The maximum absolute atomic E-state index is 13.4. The summed E-state index contributed by atoms with van der Waals surface area (Å²) in [6.45, 7) is 8.74. The van der Waals surface area contributed by atoms with Crippen LogP contribution in [0.4, 0.5) is 18.9 Å². The van der Waals surface area contributed by atoms with E-state index in [2.05, 4.69) is 77.7 Å². The third kappa shape index (κ3) is 7.94. The fraction of sp³-hybridized carbons (Fsp3) is 0.405. The Kier molecular flexibility index (Phi) is 9.96. The molecule has 4 aromatic rings. The number of thioether (sulfide) groups is 1. The summed E-state index contributed by atoms with van der Waals surface area (Å²) >= 11 is 1.68. The van der Waals surface area contributed by atoms with Crippen molar-refractivity contribution in [1.82, 2.24) is 14.8 Å². The molecule has 3 atom stereocenters. The van der Waals surface area contributed by atoms with Gasteiger partial charge in [-0.25, -0.2) is 9.67 Å². The number of alkyl halides is 3. The van der Waals surface area contributed by atoms with Gasteiger partial charge in [0.15, 0.2) is 11.0 Å². The third-order valence-electron chi connectivity index (χ3n) is 9.17. The summed E-state index contributed by atoms with van der Waals surface area (Å²) in [7, 11) is 0. The second-order valence-electron chi connectivity index (χ2n) is 13.1. The number of aromatic nitrogens is 3. The van der Waals surface area contributed by atoms with Crippen molar-refractivity contribution in [1.29, 1.82) is 0 Å². The molecule has 1 saturated carbocycles. The van der Waals surface area contributed by atoms with E-state index in [1.807, 2.05) is 12.1 Å². The zero-order valence-corrected chi connectivity index (χ0v) is 28.4. The minimum Gasteiger partial charge on any atom is -0.406 e. The maximum Gasteiger partial charge on any atom is 0.573 e. The van der Waals surface area contributed by atoms with Gasteiger partial charge in [0.2, 0.25) is 5.91 Å². The Balaban J connectivity index is 1.08. The number of amides is 1. The number of aliphatic imine (C=N–C) groups is 1. The summed E-state index contributed by atoms with van der Waals surface area (Å²) in [6, 6.07) is 20.5. The highest BCUT2D eigenvalue weighted by molar-refractivity contribution is 8.14. The molecule has 3 aromatic carbocycles. The molecule has 48 heavy (non-hydrogen) atoms. The molecule has 0 bridgehead atoms. The van der Waals surface area contributed by atoms with Gasteiger partial charge in [0.1, 0.15) is 12.1 Å². The zero-order chi connectivity index (χ0) is 34.0. The Labute approximate surface area is 283 Å². The SMILES string of the molecule is Cc1ccc(C(C)C)c(N2C(=NC(=O)CC3CCC(c4ccc(-c5ncn(-c6ccc(OC(F)(F)F)cc6)n5)cc4)C3)SCCC2C)c1. The lowest BCUT2D eigenvalue weighted by Crippen LogP contribution is -2.42. The van der Waals surface area contributed by atoms with Crippen molar-refractivity contribution < 1.29 is 22.7 Å². The normalized spacial score (nSPS) is 20.9. The van der Waals surface area contributed by atoms with Gasteiger partial charge in [-0.05, 0) is 104 Å². The van der Waals surface area contributed by atoms with Gasteiger partial charge in [0, 0.05) is 29.5 Å². The molecule has 2 fully saturated rings. The summed E-state index contributed by atoms with van der Waals surface area (Å²) in [6.07, 6.45) is 1.24. The molecule has 1 aliphatic heterocycles. The summed E-state index contributed by atoms with van der Waals surface area (Å²) < 4.78 is 42.9. The highest BCUT2D eigenvalue weighted by Crippen LogP contribution is 2.41. The number of carbonyl (C=O) groups is 1. The van der Waals surface area contributed by atoms with Gasteiger partial charge in [-0.2, -0.15) is 4.99 Å². The van der Waals surface area contributed by atoms with Crippen molar-refractivity contribution >= 4 is 28.5 Å². The largest absolute Gasteiger partial charge is 0.573 e.